The fourth-order valence-electron chi connectivity index (χ4n) is 5.31. The van der Waals surface area contributed by atoms with Gasteiger partial charge in [0.25, 0.3) is 0 Å². The Hall–Kier alpha value is -3.27. The molecule has 5 amide bonds. The van der Waals surface area contributed by atoms with Gasteiger partial charge in [0.1, 0.15) is 49.4 Å². The summed E-state index contributed by atoms with van der Waals surface area (Å²) in [7, 11) is -4.93. The molecule has 0 rings (SSSR count). The lowest BCUT2D eigenvalue weighted by Gasteiger charge is -2.27. The summed E-state index contributed by atoms with van der Waals surface area (Å²) in [5, 5.41) is 27.6. The summed E-state index contributed by atoms with van der Waals surface area (Å²) in [6.07, 6.45) is 1.12. The lowest BCUT2D eigenvalue weighted by Crippen LogP contribution is -2.60. The van der Waals surface area contributed by atoms with Crippen molar-refractivity contribution in [3.8, 4) is 0 Å². The van der Waals surface area contributed by atoms with E-state index in [-0.39, 0.29) is 45.3 Å². The molecule has 0 aliphatic rings. The quantitative estimate of drug-likeness (QED) is 0.0166. The van der Waals surface area contributed by atoms with E-state index in [0.29, 0.717) is 45.1 Å². The van der Waals surface area contributed by atoms with Gasteiger partial charge in [-0.25, -0.2) is 4.79 Å². The second-order valence-electron chi connectivity index (χ2n) is 14.0. The summed E-state index contributed by atoms with van der Waals surface area (Å²) in [6, 6.07) is -8.03. The molecule has 25 nitrogen and oxygen atoms in total. The molecular weight excluding hydrogens is 787 g/mol. The van der Waals surface area contributed by atoms with Crippen LogP contribution in [0, 0.1) is 5.92 Å². The zero-order valence-electron chi connectivity index (χ0n) is 33.4. The van der Waals surface area contributed by atoms with E-state index < -0.39 is 105 Å². The van der Waals surface area contributed by atoms with E-state index in [4.69, 9.17) is 40.1 Å². The Bertz CT molecular complexity index is 1250. The highest BCUT2D eigenvalue weighted by Crippen LogP contribution is 2.45. The average molecular weight is 858 g/mol. The van der Waals surface area contributed by atoms with Crippen molar-refractivity contribution in [2.75, 3.05) is 32.8 Å². The summed E-state index contributed by atoms with van der Waals surface area (Å²) in [5.41, 5.74) is 39.5. The number of aliphatic carboxylic acids is 1. The first-order valence-corrected chi connectivity index (χ1v) is 20.8. The third-order valence-corrected chi connectivity index (χ3v) is 9.02. The van der Waals surface area contributed by atoms with Crippen LogP contribution in [0.15, 0.2) is 0 Å². The van der Waals surface area contributed by atoms with Gasteiger partial charge in [-0.05, 0) is 89.9 Å². The van der Waals surface area contributed by atoms with Crippen LogP contribution in [0.4, 0.5) is 0 Å². The van der Waals surface area contributed by atoms with Crippen LogP contribution in [0.5, 0.6) is 0 Å². The molecule has 0 fully saturated rings. The van der Waals surface area contributed by atoms with Crippen molar-refractivity contribution in [1.82, 2.24) is 37.2 Å². The van der Waals surface area contributed by atoms with Gasteiger partial charge in [-0.15, -0.1) is 0 Å². The number of nitrogens with two attached hydrogens (primary N) is 7. The van der Waals surface area contributed by atoms with E-state index in [0.717, 1.165) is 0 Å². The van der Waals surface area contributed by atoms with Gasteiger partial charge in [0.15, 0.2) is 0 Å². The first kappa shape index (κ1) is 54.7. The standard InChI is InChI=1S/C32H69N14O11P/c1-18(2)24(30(52)53)46-29(51)23(17-57-58(54,55)56)45-28(50)20(10-4-6-14-34)43-27(49)22(12-8-16-41-32(38)39)44-26(48)21(11-7-15-40-31(36)37)42-25(47)19(35)9-3-5-13-33/h18-24,31-32,40-41,54-56H,3-17,33-39H2,1-2H3,(H5-,42,43,44,45,46,47,48,49,50,51,52,53)/p+1/t19-,20-,21-,22-,23-,24-/m0/s1. The Morgan fingerprint density at radius 1 is 0.552 bits per heavy atom. The van der Waals surface area contributed by atoms with Crippen molar-refractivity contribution in [3.05, 3.63) is 0 Å². The number of carbonyl (C=O) groups is 6. The number of carboxylic acids is 1. The normalized spacial score (nSPS) is 14.9. The largest absolute Gasteiger partial charge is 0.567 e. The lowest BCUT2D eigenvalue weighted by molar-refractivity contribution is -0.144. The highest BCUT2D eigenvalue weighted by Gasteiger charge is 2.39. The Morgan fingerprint density at radius 3 is 1.31 bits per heavy atom. The van der Waals surface area contributed by atoms with Crippen LogP contribution in [0.3, 0.4) is 0 Å². The number of amides is 5. The van der Waals surface area contributed by atoms with Gasteiger partial charge in [0, 0.05) is 0 Å². The molecule has 0 aliphatic carbocycles. The van der Waals surface area contributed by atoms with E-state index in [1.54, 1.807) is 0 Å². The molecule has 6 atom stereocenters. The van der Waals surface area contributed by atoms with Gasteiger partial charge in [-0.1, -0.05) is 20.3 Å². The molecule has 0 spiro atoms. The molecule has 0 saturated carbocycles. The van der Waals surface area contributed by atoms with E-state index in [9.17, 15) is 48.6 Å². The third-order valence-electron chi connectivity index (χ3n) is 8.53. The summed E-state index contributed by atoms with van der Waals surface area (Å²) < 4.78 is 4.59. The summed E-state index contributed by atoms with van der Waals surface area (Å²) >= 11 is 0. The highest BCUT2D eigenvalue weighted by molar-refractivity contribution is 7.53. The predicted octanol–water partition coefficient (Wildman–Crippen LogP) is -6.45. The van der Waals surface area contributed by atoms with Gasteiger partial charge >= 0.3 is 14.1 Å². The van der Waals surface area contributed by atoms with E-state index in [2.05, 4.69) is 41.7 Å². The summed E-state index contributed by atoms with van der Waals surface area (Å²) in [6.45, 7) is 3.16. The average Bonchev–Trinajstić information content (AvgIpc) is 3.12. The van der Waals surface area contributed by atoms with Gasteiger partial charge in [-0.3, -0.25) is 34.6 Å². The predicted molar refractivity (Wildman–Crippen MR) is 214 cm³/mol. The number of rotatable bonds is 33. The number of nitrogens with one attached hydrogen (secondary N) is 7. The number of hydrogen-bond donors (Lipinski definition) is 18. The molecule has 0 radical (unpaired) electrons. The van der Waals surface area contributed by atoms with Gasteiger partial charge < -0.3 is 71.8 Å². The molecule has 0 aromatic heterocycles. The minimum atomic E-state index is -4.93. The lowest BCUT2D eigenvalue weighted by atomic mass is 10.0. The van der Waals surface area contributed by atoms with Crippen LogP contribution in [0.1, 0.15) is 78.1 Å². The van der Waals surface area contributed by atoms with E-state index >= 15 is 0 Å². The van der Waals surface area contributed by atoms with Crippen molar-refractivity contribution < 1.29 is 53.1 Å². The van der Waals surface area contributed by atoms with Gasteiger partial charge in [-0.2, -0.15) is 19.2 Å². The molecular formula is C32H70N14O11P+. The molecule has 0 aromatic rings. The summed E-state index contributed by atoms with van der Waals surface area (Å²) in [4.78, 5) is 108. The van der Waals surface area contributed by atoms with E-state index in [1.165, 1.54) is 13.8 Å². The second kappa shape index (κ2) is 29.9. The Balaban J connectivity index is 6.50. The van der Waals surface area contributed by atoms with Crippen LogP contribution < -0.4 is 77.4 Å². The molecule has 0 saturated heterocycles. The monoisotopic (exact) mass is 858 g/mol. The molecule has 25 N–H and O–H groups in total. The third kappa shape index (κ3) is 25.3. The molecule has 338 valence electrons. The molecule has 0 heterocycles. The Kier molecular flexibility index (Phi) is 28.2. The molecule has 58 heavy (non-hydrogen) atoms. The maximum Gasteiger partial charge on any atom is 0.567 e. The Morgan fingerprint density at radius 2 is 0.931 bits per heavy atom. The van der Waals surface area contributed by atoms with Crippen LogP contribution in [-0.2, 0) is 33.3 Å². The fourth-order valence-corrected chi connectivity index (χ4v) is 5.66. The first-order chi connectivity index (χ1) is 27.1. The maximum absolute atomic E-state index is 13.9. The zero-order valence-corrected chi connectivity index (χ0v) is 34.3. The van der Waals surface area contributed by atoms with E-state index in [1.807, 2.05) is 0 Å². The molecule has 0 unspecified atom stereocenters. The van der Waals surface area contributed by atoms with Crippen LogP contribution in [0.2, 0.25) is 0 Å². The van der Waals surface area contributed by atoms with Gasteiger partial charge in [0.05, 0.1) is 6.04 Å². The maximum atomic E-state index is 13.9. The Labute approximate surface area is 339 Å². The van der Waals surface area contributed by atoms with Crippen molar-refractivity contribution >= 4 is 43.7 Å². The minimum absolute atomic E-state index is 0.0166. The topological polar surface area (TPSA) is 459 Å². The second-order valence-corrected chi connectivity index (χ2v) is 15.3. The zero-order chi connectivity index (χ0) is 44.4. The highest BCUT2D eigenvalue weighted by atomic mass is 31.2. The fraction of sp³-hybridized carbons (Fsp3) is 0.812. The van der Waals surface area contributed by atoms with Crippen molar-refractivity contribution in [2.24, 2.45) is 46.1 Å². The smallest absolute Gasteiger partial charge is 0.480 e. The van der Waals surface area contributed by atoms with Crippen molar-refractivity contribution in [2.45, 2.75) is 127 Å². The molecule has 0 bridgehead atoms. The number of carboxylic acid groups (broad SMARTS) is 1. The number of hydrogen-bond acceptors (Lipinski definition) is 19. The number of unbranched alkanes of at least 4 members (excludes halogenated alkanes) is 2. The van der Waals surface area contributed by atoms with Crippen molar-refractivity contribution in [3.63, 3.8) is 0 Å². The minimum Gasteiger partial charge on any atom is -0.480 e. The van der Waals surface area contributed by atoms with Crippen LogP contribution >= 0.6 is 8.17 Å². The van der Waals surface area contributed by atoms with Crippen LogP contribution in [-0.4, -0.2) is 137 Å². The molecule has 0 aromatic carbocycles. The van der Waals surface area contributed by atoms with Crippen molar-refractivity contribution in [1.29, 1.82) is 0 Å². The molecule has 26 heteroatoms. The SMILES string of the molecule is CC(C)[C@H](NC(=O)[C@H](CO[P+](O)(O)O)NC(=O)[C@H](CCCCN)NC(=O)[C@H](CCCNC(N)N)NC(=O)[C@H](CCCNC(N)N)NC(=O)[C@@H](N)CCCCN)C(=O)O. The summed E-state index contributed by atoms with van der Waals surface area (Å²) in [5.74, 6) is -6.29. The van der Waals surface area contributed by atoms with Gasteiger partial charge in [0.2, 0.25) is 29.5 Å². The molecule has 0 aliphatic heterocycles. The van der Waals surface area contributed by atoms with Crippen LogP contribution in [0.25, 0.3) is 0 Å². The number of carbonyl (C=O) groups excluding carboxylic acids is 5. The first-order valence-electron chi connectivity index (χ1n) is 19.2.